The zero-order chi connectivity index (χ0) is 22.7. The molecule has 0 saturated carbocycles. The molecule has 4 aromatic rings. The van der Waals surface area contributed by atoms with E-state index >= 15 is 0 Å². The summed E-state index contributed by atoms with van der Waals surface area (Å²) in [7, 11) is 0. The number of fused-ring (bicyclic) bond motifs is 1. The molecule has 4 rings (SSSR count). The van der Waals surface area contributed by atoms with Crippen LogP contribution in [0.15, 0.2) is 60.7 Å². The predicted octanol–water partition coefficient (Wildman–Crippen LogP) is 6.06. The van der Waals surface area contributed by atoms with Gasteiger partial charge in [-0.1, -0.05) is 42.0 Å². The molecule has 0 fully saturated rings. The molecule has 0 atom stereocenters. The summed E-state index contributed by atoms with van der Waals surface area (Å²) in [6.45, 7) is 6.92. The number of ether oxygens (including phenoxy) is 2. The van der Waals surface area contributed by atoms with Crippen molar-refractivity contribution in [2.24, 2.45) is 0 Å². The lowest BCUT2D eigenvalue weighted by atomic mass is 10.00. The fraction of sp³-hybridized carbons (Fsp3) is 0.222. The lowest BCUT2D eigenvalue weighted by Crippen LogP contribution is -2.02. The summed E-state index contributed by atoms with van der Waals surface area (Å²) in [5, 5.41) is 10.5. The van der Waals surface area contributed by atoms with E-state index in [1.54, 1.807) is 0 Å². The van der Waals surface area contributed by atoms with Crippen LogP contribution in [0.4, 0.5) is 0 Å². The number of aliphatic carboxylic acids is 1. The molecule has 0 radical (unpaired) electrons. The molecule has 0 spiro atoms. The third kappa shape index (κ3) is 4.47. The minimum atomic E-state index is -0.862. The summed E-state index contributed by atoms with van der Waals surface area (Å²) in [6.07, 6.45) is -0.0611. The molecule has 3 aromatic carbocycles. The number of aromatic nitrogens is 1. The average molecular weight is 430 g/mol. The largest absolute Gasteiger partial charge is 0.490 e. The van der Waals surface area contributed by atoms with E-state index < -0.39 is 5.97 Å². The number of nitrogens with one attached hydrogen (secondary N) is 1. The number of carbonyl (C=O) groups is 1. The average Bonchev–Trinajstić information content (AvgIpc) is 3.12. The topological polar surface area (TPSA) is 71.6 Å². The smallest absolute Gasteiger partial charge is 0.307 e. The predicted molar refractivity (Wildman–Crippen MR) is 126 cm³/mol. The quantitative estimate of drug-likeness (QED) is 0.357. The molecule has 0 aliphatic heterocycles. The van der Waals surface area contributed by atoms with Crippen LogP contribution < -0.4 is 9.47 Å². The number of aromatic amines is 1. The maximum absolute atomic E-state index is 11.6. The monoisotopic (exact) mass is 429 g/mol. The molecule has 5 nitrogen and oxygen atoms in total. The number of carboxylic acids is 1. The van der Waals surface area contributed by atoms with Gasteiger partial charge in [0.15, 0.2) is 11.5 Å². The maximum atomic E-state index is 11.6. The molecular formula is C27H27NO4. The van der Waals surface area contributed by atoms with Crippen molar-refractivity contribution in [2.75, 3.05) is 6.61 Å². The highest BCUT2D eigenvalue weighted by Crippen LogP contribution is 2.38. The van der Waals surface area contributed by atoms with Gasteiger partial charge in [0.05, 0.1) is 18.7 Å². The fourth-order valence-corrected chi connectivity index (χ4v) is 4.07. The summed E-state index contributed by atoms with van der Waals surface area (Å²) in [5.41, 5.74) is 6.67. The molecule has 1 heterocycles. The Morgan fingerprint density at radius 3 is 2.47 bits per heavy atom. The van der Waals surface area contributed by atoms with E-state index in [2.05, 4.69) is 11.1 Å². The van der Waals surface area contributed by atoms with Gasteiger partial charge in [0, 0.05) is 16.5 Å². The molecule has 0 saturated heterocycles. The van der Waals surface area contributed by atoms with Crippen LogP contribution >= 0.6 is 0 Å². The molecule has 1 aromatic heterocycles. The second kappa shape index (κ2) is 9.18. The summed E-state index contributed by atoms with van der Waals surface area (Å²) in [6, 6.07) is 19.9. The van der Waals surface area contributed by atoms with Crippen molar-refractivity contribution in [1.29, 1.82) is 0 Å². The molecule has 0 aliphatic rings. The van der Waals surface area contributed by atoms with Gasteiger partial charge in [0.1, 0.15) is 6.61 Å². The molecule has 2 N–H and O–H groups in total. The van der Waals surface area contributed by atoms with E-state index in [4.69, 9.17) is 9.47 Å². The van der Waals surface area contributed by atoms with Crippen LogP contribution in [-0.4, -0.2) is 22.7 Å². The van der Waals surface area contributed by atoms with Gasteiger partial charge in [0.2, 0.25) is 0 Å². The highest BCUT2D eigenvalue weighted by molar-refractivity contribution is 5.96. The van der Waals surface area contributed by atoms with Gasteiger partial charge in [-0.2, -0.15) is 0 Å². The Kier molecular flexibility index (Phi) is 6.17. The number of H-pyrrole nitrogens is 1. The lowest BCUT2D eigenvalue weighted by Gasteiger charge is -2.14. The Labute approximate surface area is 187 Å². The minimum Gasteiger partial charge on any atom is -0.490 e. The Morgan fingerprint density at radius 1 is 0.969 bits per heavy atom. The molecule has 32 heavy (non-hydrogen) atoms. The fourth-order valence-electron chi connectivity index (χ4n) is 4.07. The first-order chi connectivity index (χ1) is 15.5. The van der Waals surface area contributed by atoms with Gasteiger partial charge in [0.25, 0.3) is 0 Å². The Morgan fingerprint density at radius 2 is 1.75 bits per heavy atom. The number of rotatable bonds is 8. The van der Waals surface area contributed by atoms with Crippen molar-refractivity contribution in [3.63, 3.8) is 0 Å². The van der Waals surface area contributed by atoms with Crippen molar-refractivity contribution in [3.8, 4) is 22.8 Å². The number of benzene rings is 3. The van der Waals surface area contributed by atoms with Gasteiger partial charge in [-0.15, -0.1) is 0 Å². The maximum Gasteiger partial charge on any atom is 0.307 e. The molecular weight excluding hydrogens is 402 g/mol. The number of hydrogen-bond donors (Lipinski definition) is 2. The number of hydrogen-bond acceptors (Lipinski definition) is 3. The van der Waals surface area contributed by atoms with Gasteiger partial charge in [-0.25, -0.2) is 0 Å². The zero-order valence-corrected chi connectivity index (χ0v) is 18.6. The van der Waals surface area contributed by atoms with Crippen molar-refractivity contribution in [1.82, 2.24) is 4.98 Å². The summed E-state index contributed by atoms with van der Waals surface area (Å²) in [4.78, 5) is 15.1. The Balaban J connectivity index is 1.76. The van der Waals surface area contributed by atoms with Gasteiger partial charge in [-0.05, 0) is 61.7 Å². The van der Waals surface area contributed by atoms with Crippen LogP contribution in [0.1, 0.15) is 29.2 Å². The number of aryl methyl sites for hydroxylation is 2. The van der Waals surface area contributed by atoms with E-state index in [1.807, 2.05) is 75.4 Å². The highest BCUT2D eigenvalue weighted by atomic mass is 16.5. The Bertz CT molecular complexity index is 1260. The SMILES string of the molecule is CCOc1cc(-c2[nH]c3c(C)cc(C)cc3c2CC(=O)O)ccc1OCc1ccccc1. The summed E-state index contributed by atoms with van der Waals surface area (Å²) >= 11 is 0. The van der Waals surface area contributed by atoms with E-state index in [0.717, 1.165) is 44.4 Å². The van der Waals surface area contributed by atoms with Gasteiger partial charge < -0.3 is 19.6 Å². The third-order valence-corrected chi connectivity index (χ3v) is 5.45. The van der Waals surface area contributed by atoms with Crippen LogP contribution in [0.2, 0.25) is 0 Å². The molecule has 0 amide bonds. The van der Waals surface area contributed by atoms with Crippen molar-refractivity contribution >= 4 is 16.9 Å². The lowest BCUT2D eigenvalue weighted by molar-refractivity contribution is -0.136. The van der Waals surface area contributed by atoms with Gasteiger partial charge in [-0.3, -0.25) is 4.79 Å². The molecule has 0 unspecified atom stereocenters. The molecule has 0 bridgehead atoms. The molecule has 164 valence electrons. The van der Waals surface area contributed by atoms with Gasteiger partial charge >= 0.3 is 5.97 Å². The normalized spacial score (nSPS) is 11.0. The Hall–Kier alpha value is -3.73. The summed E-state index contributed by atoms with van der Waals surface area (Å²) < 4.78 is 11.9. The number of carboxylic acid groups (broad SMARTS) is 1. The van der Waals surface area contributed by atoms with Crippen molar-refractivity contribution in [2.45, 2.75) is 33.8 Å². The minimum absolute atomic E-state index is 0.0611. The van der Waals surface area contributed by atoms with E-state index in [9.17, 15) is 9.90 Å². The van der Waals surface area contributed by atoms with E-state index in [0.29, 0.717) is 24.7 Å². The van der Waals surface area contributed by atoms with Crippen LogP contribution in [0.5, 0.6) is 11.5 Å². The van der Waals surface area contributed by atoms with Crippen LogP contribution in [0.25, 0.3) is 22.2 Å². The second-order valence-corrected chi connectivity index (χ2v) is 7.92. The standard InChI is InChI=1S/C27H27NO4/c1-4-31-24-14-20(10-11-23(24)32-16-19-8-6-5-7-9-19)27-22(15-25(29)30)21-13-17(2)12-18(3)26(21)28-27/h5-14,28H,4,15-16H2,1-3H3,(H,29,30). The van der Waals surface area contributed by atoms with Crippen LogP contribution in [-0.2, 0) is 17.8 Å². The first-order valence-corrected chi connectivity index (χ1v) is 10.7. The van der Waals surface area contributed by atoms with Crippen LogP contribution in [0.3, 0.4) is 0 Å². The van der Waals surface area contributed by atoms with E-state index in [-0.39, 0.29) is 6.42 Å². The molecule has 0 aliphatic carbocycles. The first kappa shape index (κ1) is 21.5. The van der Waals surface area contributed by atoms with Crippen molar-refractivity contribution in [3.05, 3.63) is 82.9 Å². The zero-order valence-electron chi connectivity index (χ0n) is 18.6. The third-order valence-electron chi connectivity index (χ3n) is 5.45. The van der Waals surface area contributed by atoms with Crippen molar-refractivity contribution < 1.29 is 19.4 Å². The highest BCUT2D eigenvalue weighted by Gasteiger charge is 2.19. The molecule has 5 heteroatoms. The summed E-state index contributed by atoms with van der Waals surface area (Å²) in [5.74, 6) is 0.426. The second-order valence-electron chi connectivity index (χ2n) is 7.92. The van der Waals surface area contributed by atoms with Crippen LogP contribution in [0, 0.1) is 13.8 Å². The first-order valence-electron chi connectivity index (χ1n) is 10.7. The van der Waals surface area contributed by atoms with E-state index in [1.165, 1.54) is 0 Å².